The van der Waals surface area contributed by atoms with Crippen molar-refractivity contribution in [2.24, 2.45) is 11.5 Å². The standard InChI is InChI=1S/C30H20I8N2O7/c31-15-7-13(8-16(32)25(15)41)45-26-19(35)3-12(4-20(26)36)6-24(40)30(44)47-28-21(37)9-14(10-22(28)38)46-27-17(33)1-11(2-18(27)34)5-23(39)29(42)43/h1-4,7-10,23-24,41H,5-6,39-40H2,(H,42,43)/t23-,24-/m0/s1. The van der Waals surface area contributed by atoms with E-state index in [1.807, 2.05) is 24.3 Å². The molecule has 4 rings (SSSR count). The SMILES string of the molecule is N[C@@H](Cc1cc(I)c(Oc2cc(I)c(OC(=O)[C@@H](N)Cc3cc(I)c(Oc4cc(I)c(O)c(I)c4)c(I)c3)c(I)c2)c(I)c1)C(=O)O. The van der Waals surface area contributed by atoms with E-state index in [2.05, 4.69) is 181 Å². The quantitative estimate of drug-likeness (QED) is 0.0654. The highest BCUT2D eigenvalue weighted by atomic mass is 127. The summed E-state index contributed by atoms with van der Waals surface area (Å²) < 4.78 is 24.2. The minimum Gasteiger partial charge on any atom is -0.506 e. The van der Waals surface area contributed by atoms with E-state index in [-0.39, 0.29) is 18.6 Å². The Bertz CT molecular complexity index is 1780. The van der Waals surface area contributed by atoms with Gasteiger partial charge in [-0.15, -0.1) is 0 Å². The average molecular weight is 1540 g/mol. The van der Waals surface area contributed by atoms with E-state index in [1.54, 1.807) is 24.3 Å². The van der Waals surface area contributed by atoms with Crippen LogP contribution in [0.1, 0.15) is 11.1 Å². The number of carbonyl (C=O) groups excluding carboxylic acids is 1. The summed E-state index contributed by atoms with van der Waals surface area (Å²) in [6.07, 6.45) is 0.469. The highest BCUT2D eigenvalue weighted by Gasteiger charge is 2.23. The Morgan fingerprint density at radius 3 is 1.30 bits per heavy atom. The number of hydrogen-bond acceptors (Lipinski definition) is 8. The van der Waals surface area contributed by atoms with Gasteiger partial charge in [0, 0.05) is 0 Å². The molecule has 0 amide bonds. The van der Waals surface area contributed by atoms with E-state index in [4.69, 9.17) is 30.8 Å². The van der Waals surface area contributed by atoms with Crippen molar-refractivity contribution in [3.63, 3.8) is 0 Å². The molecule has 0 aliphatic carbocycles. The fourth-order valence-corrected chi connectivity index (χ4v) is 11.9. The first-order valence-electron chi connectivity index (χ1n) is 13.0. The van der Waals surface area contributed by atoms with Gasteiger partial charge >= 0.3 is 11.9 Å². The van der Waals surface area contributed by atoms with Gasteiger partial charge in [0.25, 0.3) is 0 Å². The van der Waals surface area contributed by atoms with Crippen molar-refractivity contribution in [1.29, 1.82) is 0 Å². The van der Waals surface area contributed by atoms with E-state index >= 15 is 0 Å². The van der Waals surface area contributed by atoms with Gasteiger partial charge in [-0.1, -0.05) is 0 Å². The number of benzene rings is 4. The average Bonchev–Trinajstić information content (AvgIpc) is 2.97. The number of halogens is 8. The second kappa shape index (κ2) is 18.1. The van der Waals surface area contributed by atoms with Crippen LogP contribution in [0.25, 0.3) is 0 Å². The summed E-state index contributed by atoms with van der Waals surface area (Å²) in [6, 6.07) is 12.8. The zero-order chi connectivity index (χ0) is 34.7. The topological polar surface area (TPSA) is 154 Å². The number of phenolic OH excluding ortho intramolecular Hbond substituents is 1. The normalized spacial score (nSPS) is 12.4. The summed E-state index contributed by atoms with van der Waals surface area (Å²) in [4.78, 5) is 24.3. The minimum atomic E-state index is -1.05. The second-order valence-corrected chi connectivity index (χ2v) is 19.1. The molecule has 248 valence electrons. The number of nitrogens with two attached hydrogens (primary N) is 2. The number of carboxylic acid groups (broad SMARTS) is 1. The van der Waals surface area contributed by atoms with E-state index < -0.39 is 24.0 Å². The molecule has 0 aliphatic heterocycles. The van der Waals surface area contributed by atoms with Gasteiger partial charge in [0.15, 0.2) is 17.2 Å². The highest BCUT2D eigenvalue weighted by Crippen LogP contribution is 2.39. The van der Waals surface area contributed by atoms with E-state index in [1.165, 1.54) is 0 Å². The predicted molar refractivity (Wildman–Crippen MR) is 246 cm³/mol. The van der Waals surface area contributed by atoms with Crippen LogP contribution in [0.3, 0.4) is 0 Å². The van der Waals surface area contributed by atoms with Crippen LogP contribution in [0.15, 0.2) is 48.5 Å². The van der Waals surface area contributed by atoms with Crippen molar-refractivity contribution < 1.29 is 34.0 Å². The largest absolute Gasteiger partial charge is 0.506 e. The minimum absolute atomic E-state index is 0.206. The maximum Gasteiger partial charge on any atom is 0.328 e. The molecule has 9 nitrogen and oxygen atoms in total. The lowest BCUT2D eigenvalue weighted by Gasteiger charge is -2.17. The van der Waals surface area contributed by atoms with Gasteiger partial charge in [-0.3, -0.25) is 4.79 Å². The molecule has 47 heavy (non-hydrogen) atoms. The number of aliphatic carboxylic acids is 1. The van der Waals surface area contributed by atoms with Crippen LogP contribution in [0.2, 0.25) is 0 Å². The molecule has 2 atom stereocenters. The number of rotatable bonds is 11. The molecule has 0 unspecified atom stereocenters. The Hall–Kier alpha value is 0.980. The first-order chi connectivity index (χ1) is 22.0. The first-order valence-corrected chi connectivity index (χ1v) is 21.6. The third kappa shape index (κ3) is 11.0. The Morgan fingerprint density at radius 2 is 0.915 bits per heavy atom. The zero-order valence-corrected chi connectivity index (χ0v) is 40.6. The molecule has 6 N–H and O–H groups in total. The van der Waals surface area contributed by atoms with Gasteiger partial charge in [0.1, 0.15) is 29.3 Å². The van der Waals surface area contributed by atoms with Gasteiger partial charge in [0.2, 0.25) is 0 Å². The van der Waals surface area contributed by atoms with Crippen LogP contribution < -0.4 is 25.7 Å². The number of ether oxygens (including phenoxy) is 3. The molecule has 4 aromatic carbocycles. The van der Waals surface area contributed by atoms with Crippen LogP contribution in [-0.2, 0) is 22.4 Å². The lowest BCUT2D eigenvalue weighted by molar-refractivity contribution is -0.138. The van der Waals surface area contributed by atoms with Gasteiger partial charge < -0.3 is 35.9 Å². The highest BCUT2D eigenvalue weighted by molar-refractivity contribution is 14.1. The molecule has 0 heterocycles. The molecule has 0 radical (unpaired) electrons. The van der Waals surface area contributed by atoms with Gasteiger partial charge in [0.05, 0.1) is 28.6 Å². The Labute approximate surface area is 379 Å². The molecular formula is C30H20I8N2O7. The third-order valence-electron chi connectivity index (χ3n) is 6.25. The molecular weight excluding hydrogens is 1520 g/mol. The third-order valence-corrected chi connectivity index (χ3v) is 12.7. The summed E-state index contributed by atoms with van der Waals surface area (Å²) in [6.45, 7) is 0. The molecule has 0 fully saturated rings. The first kappa shape index (κ1) is 40.7. The van der Waals surface area contributed by atoms with Crippen molar-refractivity contribution in [3.8, 4) is 34.5 Å². The summed E-state index contributed by atoms with van der Waals surface area (Å²) in [5.74, 6) is 1.48. The van der Waals surface area contributed by atoms with Crippen LogP contribution in [0.5, 0.6) is 34.5 Å². The smallest absolute Gasteiger partial charge is 0.328 e. The summed E-state index contributed by atoms with van der Waals surface area (Å²) in [5, 5.41) is 19.2. The predicted octanol–water partition coefficient (Wildman–Crippen LogP) is 9.24. The zero-order valence-electron chi connectivity index (χ0n) is 23.3. The number of aromatic hydroxyl groups is 1. The number of carbonyl (C=O) groups is 2. The van der Waals surface area contributed by atoms with Crippen molar-refractivity contribution in [1.82, 2.24) is 0 Å². The van der Waals surface area contributed by atoms with Gasteiger partial charge in [-0.2, -0.15) is 0 Å². The number of carboxylic acids is 1. The molecule has 0 aromatic heterocycles. The van der Waals surface area contributed by atoms with E-state index in [0.717, 1.165) is 25.4 Å². The van der Waals surface area contributed by atoms with Crippen molar-refractivity contribution >= 4 is 193 Å². The number of phenols is 1. The Kier molecular flexibility index (Phi) is 15.7. The Morgan fingerprint density at radius 1 is 0.574 bits per heavy atom. The lowest BCUT2D eigenvalue weighted by Crippen LogP contribution is -2.36. The van der Waals surface area contributed by atoms with Crippen LogP contribution in [0.4, 0.5) is 0 Å². The van der Waals surface area contributed by atoms with E-state index in [9.17, 15) is 14.7 Å². The van der Waals surface area contributed by atoms with Gasteiger partial charge in [-0.25, -0.2) is 4.79 Å². The van der Waals surface area contributed by atoms with Crippen molar-refractivity contribution in [2.75, 3.05) is 0 Å². The van der Waals surface area contributed by atoms with Crippen LogP contribution in [0, 0.1) is 28.6 Å². The van der Waals surface area contributed by atoms with E-state index in [0.29, 0.717) is 43.0 Å². The summed E-state index contributed by atoms with van der Waals surface area (Å²) in [5.41, 5.74) is 13.7. The lowest BCUT2D eigenvalue weighted by atomic mass is 10.1. The molecule has 4 aromatic rings. The monoisotopic (exact) mass is 1540 g/mol. The molecule has 0 spiro atoms. The fraction of sp³-hybridized carbons (Fsp3) is 0.133. The molecule has 0 bridgehead atoms. The molecule has 17 heteroatoms. The maximum atomic E-state index is 13.1. The van der Waals surface area contributed by atoms with Crippen LogP contribution >= 0.6 is 181 Å². The Balaban J connectivity index is 1.44. The van der Waals surface area contributed by atoms with Gasteiger partial charge in [-0.05, 0) is 253 Å². The number of hydrogen-bond donors (Lipinski definition) is 4. The molecule has 0 saturated heterocycles. The molecule has 0 aliphatic rings. The van der Waals surface area contributed by atoms with Crippen LogP contribution in [-0.4, -0.2) is 34.2 Å². The summed E-state index contributed by atoms with van der Waals surface area (Å²) >= 11 is 17.0. The second-order valence-electron chi connectivity index (χ2n) is 9.81. The summed E-state index contributed by atoms with van der Waals surface area (Å²) in [7, 11) is 0. The number of esters is 1. The van der Waals surface area contributed by atoms with Crippen molar-refractivity contribution in [3.05, 3.63) is 88.2 Å². The maximum absolute atomic E-state index is 13.1. The van der Waals surface area contributed by atoms with Crippen molar-refractivity contribution in [2.45, 2.75) is 24.9 Å². The molecule has 0 saturated carbocycles. The fourth-order valence-electron chi connectivity index (χ4n) is 4.04.